The number of nitrogens with zero attached hydrogens (tertiary/aromatic N) is 2. The third-order valence-electron chi connectivity index (χ3n) is 4.36. The van der Waals surface area contributed by atoms with E-state index in [2.05, 4.69) is 0 Å². The Bertz CT molecular complexity index is 955. The summed E-state index contributed by atoms with van der Waals surface area (Å²) in [5.74, 6) is 0.750. The first kappa shape index (κ1) is 20.1. The van der Waals surface area contributed by atoms with Crippen LogP contribution in [0.25, 0.3) is 0 Å². The van der Waals surface area contributed by atoms with Gasteiger partial charge in [0.25, 0.3) is 0 Å². The predicted molar refractivity (Wildman–Crippen MR) is 103 cm³/mol. The summed E-state index contributed by atoms with van der Waals surface area (Å²) in [4.78, 5) is 10.8. The zero-order chi connectivity index (χ0) is 20.1. The first-order valence-corrected chi connectivity index (χ1v) is 10.6. The van der Waals surface area contributed by atoms with Gasteiger partial charge in [-0.15, -0.1) is 0 Å². The normalized spacial score (nSPS) is 14.8. The van der Waals surface area contributed by atoms with Gasteiger partial charge in [-0.25, -0.2) is 8.42 Å². The van der Waals surface area contributed by atoms with Crippen molar-refractivity contribution < 1.29 is 22.8 Å². The number of hydrogen-bond donors (Lipinski definition) is 0. The first-order valence-electron chi connectivity index (χ1n) is 9.11. The van der Waals surface area contributed by atoms with Gasteiger partial charge >= 0.3 is 5.69 Å². The number of rotatable bonds is 8. The van der Waals surface area contributed by atoms with Crippen LogP contribution in [0.2, 0.25) is 0 Å². The number of para-hydroxylation sites is 2. The van der Waals surface area contributed by atoms with Gasteiger partial charge in [-0.05, 0) is 43.5 Å². The molecule has 0 atom stereocenters. The van der Waals surface area contributed by atoms with Crippen LogP contribution in [0, 0.1) is 10.1 Å². The lowest BCUT2D eigenvalue weighted by Gasteiger charge is -2.16. The topological polar surface area (TPSA) is 99.0 Å². The Labute approximate surface area is 163 Å². The third-order valence-corrected chi connectivity index (χ3v) is 6.26. The summed E-state index contributed by atoms with van der Waals surface area (Å²) in [5, 5.41) is 11.6. The van der Waals surface area contributed by atoms with Crippen molar-refractivity contribution in [3.05, 3.63) is 52.6 Å². The molecule has 0 radical (unpaired) electrons. The molecular formula is C19H22N2O6S. The standard InChI is InChI=1S/C19H22N2O6S/c1-2-13-26-18-7-3-4-8-19(18)27-17-10-9-15(14-16(17)21(22)23)28(24,25)20-11-5-6-12-20/h3-4,7-10,14H,2,5-6,11-13H2,1H3. The van der Waals surface area contributed by atoms with E-state index in [4.69, 9.17) is 9.47 Å². The first-order chi connectivity index (χ1) is 13.4. The fourth-order valence-electron chi connectivity index (χ4n) is 2.95. The Kier molecular flexibility index (Phi) is 6.15. The largest absolute Gasteiger partial charge is 0.490 e. The SMILES string of the molecule is CCCOc1ccccc1Oc1ccc(S(=O)(=O)N2CCCC2)cc1[N+](=O)[O-]. The predicted octanol–water partition coefficient (Wildman–Crippen LogP) is 3.96. The van der Waals surface area contributed by atoms with Gasteiger partial charge in [0, 0.05) is 19.2 Å². The molecule has 150 valence electrons. The molecule has 0 aromatic heterocycles. The van der Waals surface area contributed by atoms with Gasteiger partial charge in [0.1, 0.15) is 0 Å². The van der Waals surface area contributed by atoms with Crippen LogP contribution in [0.4, 0.5) is 5.69 Å². The van der Waals surface area contributed by atoms with Crippen molar-refractivity contribution in [2.24, 2.45) is 0 Å². The monoisotopic (exact) mass is 406 g/mol. The van der Waals surface area contributed by atoms with E-state index in [-0.39, 0.29) is 10.6 Å². The molecule has 2 aromatic rings. The molecule has 2 aromatic carbocycles. The number of sulfonamides is 1. The number of benzene rings is 2. The van der Waals surface area contributed by atoms with Crippen LogP contribution in [0.15, 0.2) is 47.4 Å². The van der Waals surface area contributed by atoms with Gasteiger partial charge < -0.3 is 9.47 Å². The highest BCUT2D eigenvalue weighted by Crippen LogP contribution is 2.38. The molecule has 3 rings (SSSR count). The number of nitro benzene ring substituents is 1. The summed E-state index contributed by atoms with van der Waals surface area (Å²) < 4.78 is 38.1. The summed E-state index contributed by atoms with van der Waals surface area (Å²) >= 11 is 0. The Balaban J connectivity index is 1.94. The maximum absolute atomic E-state index is 12.7. The molecule has 1 heterocycles. The van der Waals surface area contributed by atoms with Crippen molar-refractivity contribution >= 4 is 15.7 Å². The van der Waals surface area contributed by atoms with E-state index in [1.165, 1.54) is 16.4 Å². The van der Waals surface area contributed by atoms with Crippen molar-refractivity contribution in [1.82, 2.24) is 4.31 Å². The average molecular weight is 406 g/mol. The quantitative estimate of drug-likeness (QED) is 0.486. The number of ether oxygens (including phenoxy) is 2. The molecule has 1 aliphatic rings. The van der Waals surface area contributed by atoms with E-state index in [9.17, 15) is 18.5 Å². The molecule has 1 fully saturated rings. The second-order valence-corrected chi connectivity index (χ2v) is 8.33. The van der Waals surface area contributed by atoms with Gasteiger partial charge in [0.05, 0.1) is 16.4 Å². The highest BCUT2D eigenvalue weighted by molar-refractivity contribution is 7.89. The molecule has 1 saturated heterocycles. The van der Waals surface area contributed by atoms with Gasteiger partial charge in [-0.3, -0.25) is 10.1 Å². The summed E-state index contributed by atoms with van der Waals surface area (Å²) in [7, 11) is -3.76. The lowest BCUT2D eigenvalue weighted by atomic mass is 10.3. The molecule has 9 heteroatoms. The zero-order valence-corrected chi connectivity index (χ0v) is 16.4. The van der Waals surface area contributed by atoms with E-state index in [1.54, 1.807) is 24.3 Å². The Morgan fingerprint density at radius 1 is 1.07 bits per heavy atom. The minimum atomic E-state index is -3.76. The molecule has 0 N–H and O–H groups in total. The molecule has 0 unspecified atom stereocenters. The van der Waals surface area contributed by atoms with Crippen LogP contribution >= 0.6 is 0 Å². The molecule has 0 spiro atoms. The highest BCUT2D eigenvalue weighted by atomic mass is 32.2. The van der Waals surface area contributed by atoms with Gasteiger partial charge in [-0.2, -0.15) is 4.31 Å². The minimum Gasteiger partial charge on any atom is -0.490 e. The van der Waals surface area contributed by atoms with E-state index in [0.29, 0.717) is 31.2 Å². The third kappa shape index (κ3) is 4.26. The summed E-state index contributed by atoms with van der Waals surface area (Å²) in [6.07, 6.45) is 2.38. The smallest absolute Gasteiger partial charge is 0.312 e. The molecule has 0 amide bonds. The van der Waals surface area contributed by atoms with E-state index < -0.39 is 20.6 Å². The van der Waals surface area contributed by atoms with E-state index >= 15 is 0 Å². The van der Waals surface area contributed by atoms with Crippen LogP contribution < -0.4 is 9.47 Å². The van der Waals surface area contributed by atoms with Crippen LogP contribution in [-0.2, 0) is 10.0 Å². The van der Waals surface area contributed by atoms with Crippen LogP contribution in [-0.4, -0.2) is 37.3 Å². The van der Waals surface area contributed by atoms with Gasteiger partial charge in [-0.1, -0.05) is 19.1 Å². The molecule has 28 heavy (non-hydrogen) atoms. The Morgan fingerprint density at radius 2 is 1.75 bits per heavy atom. The molecule has 0 bridgehead atoms. The summed E-state index contributed by atoms with van der Waals surface area (Å²) in [5.41, 5.74) is -0.412. The lowest BCUT2D eigenvalue weighted by Crippen LogP contribution is -2.27. The molecule has 0 saturated carbocycles. The Morgan fingerprint density at radius 3 is 2.39 bits per heavy atom. The second-order valence-electron chi connectivity index (χ2n) is 6.40. The van der Waals surface area contributed by atoms with Crippen molar-refractivity contribution in [1.29, 1.82) is 0 Å². The van der Waals surface area contributed by atoms with Crippen LogP contribution in [0.3, 0.4) is 0 Å². The van der Waals surface area contributed by atoms with Crippen LogP contribution in [0.5, 0.6) is 17.2 Å². The second kappa shape index (κ2) is 8.57. The van der Waals surface area contributed by atoms with Gasteiger partial charge in [0.15, 0.2) is 11.5 Å². The maximum Gasteiger partial charge on any atom is 0.312 e. The molecule has 0 aliphatic carbocycles. The number of hydrogen-bond acceptors (Lipinski definition) is 6. The van der Waals surface area contributed by atoms with Gasteiger partial charge in [0.2, 0.25) is 15.8 Å². The van der Waals surface area contributed by atoms with Crippen molar-refractivity contribution in [2.75, 3.05) is 19.7 Å². The van der Waals surface area contributed by atoms with Crippen LogP contribution in [0.1, 0.15) is 26.2 Å². The fourth-order valence-corrected chi connectivity index (χ4v) is 4.49. The van der Waals surface area contributed by atoms with E-state index in [0.717, 1.165) is 25.3 Å². The zero-order valence-electron chi connectivity index (χ0n) is 15.5. The molecule has 1 aliphatic heterocycles. The number of nitro groups is 1. The summed E-state index contributed by atoms with van der Waals surface area (Å²) in [6, 6.07) is 10.6. The maximum atomic E-state index is 12.7. The van der Waals surface area contributed by atoms with Crippen molar-refractivity contribution in [3.63, 3.8) is 0 Å². The van der Waals surface area contributed by atoms with Crippen molar-refractivity contribution in [2.45, 2.75) is 31.1 Å². The fraction of sp³-hybridized carbons (Fsp3) is 0.368. The molecule has 8 nitrogen and oxygen atoms in total. The van der Waals surface area contributed by atoms with E-state index in [1.807, 2.05) is 6.92 Å². The molecular weight excluding hydrogens is 384 g/mol. The minimum absolute atomic E-state index is 0.0436. The summed E-state index contributed by atoms with van der Waals surface area (Å²) in [6.45, 7) is 3.30. The average Bonchev–Trinajstić information content (AvgIpc) is 3.23. The van der Waals surface area contributed by atoms with Crippen molar-refractivity contribution in [3.8, 4) is 17.2 Å². The lowest BCUT2D eigenvalue weighted by molar-refractivity contribution is -0.385. The highest BCUT2D eigenvalue weighted by Gasteiger charge is 2.30. The Hall–Kier alpha value is -2.65.